The third-order valence-corrected chi connectivity index (χ3v) is 4.37. The minimum Gasteiger partial charge on any atom is -0.354 e. The van der Waals surface area contributed by atoms with Gasteiger partial charge in [0.15, 0.2) is 0 Å². The van der Waals surface area contributed by atoms with Crippen LogP contribution in [0, 0.1) is 0 Å². The molecule has 3 heterocycles. The molecule has 0 atom stereocenters. The van der Waals surface area contributed by atoms with E-state index in [1.807, 2.05) is 28.8 Å². The molecule has 2 aromatic heterocycles. The molecule has 1 N–H and O–H groups in total. The van der Waals surface area contributed by atoms with Crippen LogP contribution in [-0.4, -0.2) is 45.1 Å². The fourth-order valence-electron chi connectivity index (χ4n) is 3.08. The zero-order valence-electron chi connectivity index (χ0n) is 13.9. The van der Waals surface area contributed by atoms with Crippen molar-refractivity contribution in [2.24, 2.45) is 0 Å². The summed E-state index contributed by atoms with van der Waals surface area (Å²) in [5.74, 6) is -0.401. The third kappa shape index (κ3) is 2.73. The number of aromatic nitrogens is 2. The van der Waals surface area contributed by atoms with Crippen LogP contribution >= 0.6 is 0 Å². The molecule has 26 heavy (non-hydrogen) atoms. The van der Waals surface area contributed by atoms with Gasteiger partial charge in [0.05, 0.1) is 22.8 Å². The van der Waals surface area contributed by atoms with Crippen molar-refractivity contribution < 1.29 is 14.4 Å². The molecule has 130 valence electrons. The number of imide groups is 1. The molecule has 1 aliphatic rings. The van der Waals surface area contributed by atoms with Crippen LogP contribution in [0.25, 0.3) is 5.52 Å². The van der Waals surface area contributed by atoms with Crippen molar-refractivity contribution >= 4 is 23.2 Å². The van der Waals surface area contributed by atoms with E-state index in [1.54, 1.807) is 30.5 Å². The van der Waals surface area contributed by atoms with Gasteiger partial charge in [-0.3, -0.25) is 19.3 Å². The first kappa shape index (κ1) is 16.0. The minimum atomic E-state index is -0.431. The predicted octanol–water partition coefficient (Wildman–Crippen LogP) is 1.29. The molecule has 0 fully saturated rings. The molecule has 1 aliphatic heterocycles. The molecule has 0 radical (unpaired) electrons. The van der Waals surface area contributed by atoms with Crippen LogP contribution in [0.1, 0.15) is 26.5 Å². The Bertz CT molecular complexity index is 989. The molecule has 3 amide bonds. The van der Waals surface area contributed by atoms with Crippen molar-refractivity contribution in [2.45, 2.75) is 6.42 Å². The quantitative estimate of drug-likeness (QED) is 0.704. The normalized spacial score (nSPS) is 13.3. The topological polar surface area (TPSA) is 83.8 Å². The maximum absolute atomic E-state index is 12.3. The monoisotopic (exact) mass is 348 g/mol. The number of imidazole rings is 1. The summed E-state index contributed by atoms with van der Waals surface area (Å²) in [5, 5.41) is 2.74. The van der Waals surface area contributed by atoms with E-state index in [4.69, 9.17) is 0 Å². The van der Waals surface area contributed by atoms with Crippen LogP contribution < -0.4 is 5.32 Å². The van der Waals surface area contributed by atoms with E-state index in [-0.39, 0.29) is 12.5 Å². The summed E-state index contributed by atoms with van der Waals surface area (Å²) in [5.41, 5.74) is 1.67. The number of amides is 3. The number of hydrogen-bond acceptors (Lipinski definition) is 4. The van der Waals surface area contributed by atoms with E-state index in [9.17, 15) is 14.4 Å². The van der Waals surface area contributed by atoms with Gasteiger partial charge >= 0.3 is 0 Å². The molecule has 0 aliphatic carbocycles. The van der Waals surface area contributed by atoms with Crippen LogP contribution in [-0.2, 0) is 11.2 Å². The highest BCUT2D eigenvalue weighted by molar-refractivity contribution is 6.22. The summed E-state index contributed by atoms with van der Waals surface area (Å²) in [6.45, 7) is 0.0880. The van der Waals surface area contributed by atoms with Gasteiger partial charge in [-0.15, -0.1) is 0 Å². The Hall–Kier alpha value is -3.48. The molecule has 0 saturated carbocycles. The van der Waals surface area contributed by atoms with Gasteiger partial charge in [0.1, 0.15) is 12.4 Å². The lowest BCUT2D eigenvalue weighted by molar-refractivity contribution is -0.121. The average molecular weight is 348 g/mol. The largest absolute Gasteiger partial charge is 0.354 e. The molecule has 0 bridgehead atoms. The van der Waals surface area contributed by atoms with Crippen molar-refractivity contribution in [1.82, 2.24) is 19.6 Å². The standard InChI is InChI=1S/C19H16N4O3/c24-17(12-23-18(25)14-6-1-2-7-15(14)19(23)26)20-9-8-16-21-11-13-5-3-4-10-22(13)16/h1-7,10-11H,8-9,12H2,(H,20,24). The summed E-state index contributed by atoms with van der Waals surface area (Å²) in [7, 11) is 0. The van der Waals surface area contributed by atoms with Crippen LogP contribution in [0.5, 0.6) is 0 Å². The minimum absolute atomic E-state index is 0.283. The highest BCUT2D eigenvalue weighted by Gasteiger charge is 2.36. The van der Waals surface area contributed by atoms with E-state index < -0.39 is 11.8 Å². The van der Waals surface area contributed by atoms with Gasteiger partial charge < -0.3 is 9.72 Å². The van der Waals surface area contributed by atoms with E-state index in [0.717, 1.165) is 16.2 Å². The number of fused-ring (bicyclic) bond motifs is 2. The SMILES string of the molecule is O=C(CN1C(=O)c2ccccc2C1=O)NCCc1ncc2ccccn12. The summed E-state index contributed by atoms with van der Waals surface area (Å²) >= 11 is 0. The van der Waals surface area contributed by atoms with Crippen molar-refractivity contribution in [1.29, 1.82) is 0 Å². The zero-order chi connectivity index (χ0) is 18.1. The Labute approximate surface area is 149 Å². The number of hydrogen-bond donors (Lipinski definition) is 1. The number of carbonyl (C=O) groups excluding carboxylic acids is 3. The highest BCUT2D eigenvalue weighted by Crippen LogP contribution is 2.21. The Kier molecular flexibility index (Phi) is 3.96. The molecular formula is C19H16N4O3. The number of nitrogens with one attached hydrogen (secondary N) is 1. The fraction of sp³-hybridized carbons (Fsp3) is 0.158. The maximum Gasteiger partial charge on any atom is 0.262 e. The lowest BCUT2D eigenvalue weighted by Gasteiger charge is -2.13. The number of rotatable bonds is 5. The van der Waals surface area contributed by atoms with Gasteiger partial charge in [-0.1, -0.05) is 18.2 Å². The van der Waals surface area contributed by atoms with Gasteiger partial charge in [-0.2, -0.15) is 0 Å². The van der Waals surface area contributed by atoms with Gasteiger partial charge in [-0.05, 0) is 24.3 Å². The van der Waals surface area contributed by atoms with Crippen molar-refractivity contribution in [3.05, 3.63) is 71.8 Å². The van der Waals surface area contributed by atoms with Gasteiger partial charge in [0, 0.05) is 19.2 Å². The molecule has 1 aromatic carbocycles. The molecule has 0 unspecified atom stereocenters. The number of carbonyl (C=O) groups is 3. The first-order chi connectivity index (χ1) is 12.6. The molecule has 0 spiro atoms. The second-order valence-corrected chi connectivity index (χ2v) is 6.01. The van der Waals surface area contributed by atoms with Crippen LogP contribution in [0.3, 0.4) is 0 Å². The van der Waals surface area contributed by atoms with Crippen LogP contribution in [0.15, 0.2) is 54.9 Å². The molecule has 3 aromatic rings. The Morgan fingerprint density at radius 3 is 2.42 bits per heavy atom. The summed E-state index contributed by atoms with van der Waals surface area (Å²) < 4.78 is 1.95. The van der Waals surface area contributed by atoms with Crippen molar-refractivity contribution in [2.75, 3.05) is 13.1 Å². The Morgan fingerprint density at radius 1 is 1.00 bits per heavy atom. The number of benzene rings is 1. The summed E-state index contributed by atoms with van der Waals surface area (Å²) in [6, 6.07) is 12.4. The number of pyridine rings is 1. The predicted molar refractivity (Wildman–Crippen MR) is 93.7 cm³/mol. The van der Waals surface area contributed by atoms with Gasteiger partial charge in [0.25, 0.3) is 11.8 Å². The lowest BCUT2D eigenvalue weighted by Crippen LogP contribution is -2.40. The van der Waals surface area contributed by atoms with E-state index in [0.29, 0.717) is 24.1 Å². The van der Waals surface area contributed by atoms with E-state index >= 15 is 0 Å². The molecule has 7 nitrogen and oxygen atoms in total. The Morgan fingerprint density at radius 2 is 1.69 bits per heavy atom. The smallest absolute Gasteiger partial charge is 0.262 e. The summed E-state index contributed by atoms with van der Waals surface area (Å²) in [6.07, 6.45) is 4.24. The van der Waals surface area contributed by atoms with Gasteiger partial charge in [0.2, 0.25) is 5.91 Å². The molecule has 7 heteroatoms. The van der Waals surface area contributed by atoms with E-state index in [2.05, 4.69) is 10.3 Å². The first-order valence-corrected chi connectivity index (χ1v) is 8.28. The van der Waals surface area contributed by atoms with Crippen LogP contribution in [0.4, 0.5) is 0 Å². The van der Waals surface area contributed by atoms with Crippen molar-refractivity contribution in [3.63, 3.8) is 0 Å². The Balaban J connectivity index is 1.35. The van der Waals surface area contributed by atoms with Gasteiger partial charge in [-0.25, -0.2) is 4.98 Å². The second kappa shape index (κ2) is 6.44. The average Bonchev–Trinajstić information content (AvgIpc) is 3.17. The summed E-state index contributed by atoms with van der Waals surface area (Å²) in [4.78, 5) is 42.0. The lowest BCUT2D eigenvalue weighted by atomic mass is 10.1. The molecular weight excluding hydrogens is 332 g/mol. The second-order valence-electron chi connectivity index (χ2n) is 6.01. The van der Waals surface area contributed by atoms with Crippen LogP contribution in [0.2, 0.25) is 0 Å². The number of nitrogens with zero attached hydrogens (tertiary/aromatic N) is 3. The highest BCUT2D eigenvalue weighted by atomic mass is 16.2. The first-order valence-electron chi connectivity index (χ1n) is 8.28. The molecule has 4 rings (SSSR count). The zero-order valence-corrected chi connectivity index (χ0v) is 13.9. The third-order valence-electron chi connectivity index (χ3n) is 4.37. The van der Waals surface area contributed by atoms with Crippen molar-refractivity contribution in [3.8, 4) is 0 Å². The fourth-order valence-corrected chi connectivity index (χ4v) is 3.08. The maximum atomic E-state index is 12.3. The van der Waals surface area contributed by atoms with E-state index in [1.165, 1.54) is 0 Å². The molecule has 0 saturated heterocycles.